The highest BCUT2D eigenvalue weighted by Gasteiger charge is 2.51. The second-order valence-electron chi connectivity index (χ2n) is 16.0. The molecular weight excluding hydrogens is 1260 g/mol. The Balaban J connectivity index is 0.000000194. The maximum atomic E-state index is 13.4. The molecule has 396 valence electrons. The molecule has 77 heavy (non-hydrogen) atoms. The maximum absolute atomic E-state index is 13.4. The van der Waals surface area contributed by atoms with Gasteiger partial charge < -0.3 is 10.8 Å². The summed E-state index contributed by atoms with van der Waals surface area (Å²) in [5.74, 6) is 0.266. The van der Waals surface area contributed by atoms with Crippen molar-refractivity contribution in [2.24, 2.45) is 4.99 Å². The normalized spacial score (nSPS) is 13.2. The molecule has 8 aromatic rings. The van der Waals surface area contributed by atoms with Gasteiger partial charge >= 0.3 is 6.03 Å². The van der Waals surface area contributed by atoms with Gasteiger partial charge in [0, 0.05) is 34.5 Å². The number of halogens is 11. The standard InChI is InChI=1S/C21H14Cl4N2O2.C15H12Cl2O.C8H7BrO.C7H3Cl2NO.C6H5Cl2N/c22-16-8-6-14(10-18(16)24)26-12-21(29,13-4-2-1-3-5-13)27(20(26)28)15-7-9-17(23)19(25)11-15;16-13-8-6-11(10-14(13)17)7-9-15(18)12-4-2-1-3-5-12;9-6-8(10)7-4-2-1-3-5-7;8-6-2-1-5(10-4-11)3-7(6)9;7-5-2-1-4(9)3-6(5)8/h1-11,29H,12H2;1-6,8,10H,7,9H2;1-5H,6H2;1-3H;1-3H,9H2. The van der Waals surface area contributed by atoms with Gasteiger partial charge in [-0.25, -0.2) is 9.59 Å². The fraction of sp³-hybridized carbons (Fsp3) is 0.0877. The van der Waals surface area contributed by atoms with Crippen LogP contribution in [-0.4, -0.2) is 40.7 Å². The SMILES string of the molecule is Nc1ccc(Cl)c(Cl)c1.O=C(CBr)c1ccccc1.O=C(CCc1ccc(Cl)c(Cl)c1)c1ccccc1.O=C1N(c2ccc(Cl)c(Cl)c2)CC(O)(c2ccccc2)N1c1ccc(Cl)c(Cl)c1.O=C=Nc1ccc(Cl)c(Cl)c1. The van der Waals surface area contributed by atoms with Crippen LogP contribution >= 0.6 is 132 Å². The highest BCUT2D eigenvalue weighted by molar-refractivity contribution is 9.09. The zero-order chi connectivity index (χ0) is 56.2. The van der Waals surface area contributed by atoms with Crippen molar-refractivity contribution >= 4 is 178 Å². The van der Waals surface area contributed by atoms with Gasteiger partial charge in [-0.15, -0.1) is 0 Å². The van der Waals surface area contributed by atoms with Crippen LogP contribution < -0.4 is 15.5 Å². The molecule has 0 saturated carbocycles. The van der Waals surface area contributed by atoms with Gasteiger partial charge in [0.1, 0.15) is 0 Å². The van der Waals surface area contributed by atoms with E-state index in [9.17, 15) is 24.3 Å². The molecule has 2 amide bonds. The van der Waals surface area contributed by atoms with Crippen LogP contribution in [0.4, 0.5) is 27.5 Å². The van der Waals surface area contributed by atoms with Crippen LogP contribution in [0.3, 0.4) is 0 Å². The lowest BCUT2D eigenvalue weighted by Gasteiger charge is -2.32. The van der Waals surface area contributed by atoms with Crippen molar-refractivity contribution in [3.63, 3.8) is 0 Å². The van der Waals surface area contributed by atoms with Gasteiger partial charge in [0.25, 0.3) is 0 Å². The molecule has 1 aliphatic heterocycles. The summed E-state index contributed by atoms with van der Waals surface area (Å²) in [5.41, 5.74) is 8.85. The number of aliphatic hydroxyl groups is 1. The summed E-state index contributed by atoms with van der Waals surface area (Å²) in [4.78, 5) is 52.2. The van der Waals surface area contributed by atoms with Gasteiger partial charge in [-0.05, 0) is 96.9 Å². The summed E-state index contributed by atoms with van der Waals surface area (Å²) in [7, 11) is 0. The Kier molecular flexibility index (Phi) is 25.2. The summed E-state index contributed by atoms with van der Waals surface area (Å²) < 4.78 is 0. The number of nitrogens with zero attached hydrogens (tertiary/aromatic N) is 3. The topological polar surface area (TPSA) is 133 Å². The zero-order valence-electron chi connectivity index (χ0n) is 39.8. The Morgan fingerprint density at radius 3 is 1.47 bits per heavy atom. The number of β-amino-alcohol motifs (C(OH)–C–C–N with tert-alkyl or cyclic N) is 1. The Hall–Kier alpha value is -5.11. The molecule has 0 bridgehead atoms. The number of carbonyl (C=O) groups is 3. The van der Waals surface area contributed by atoms with E-state index >= 15 is 0 Å². The minimum absolute atomic E-state index is 0.0198. The largest absolute Gasteiger partial charge is 0.399 e. The molecule has 9 nitrogen and oxygen atoms in total. The lowest BCUT2D eigenvalue weighted by Crippen LogP contribution is -2.44. The zero-order valence-corrected chi connectivity index (χ0v) is 49.0. The number of hydrogen-bond acceptors (Lipinski definition) is 7. The number of amides is 2. The van der Waals surface area contributed by atoms with E-state index in [0.717, 1.165) is 16.7 Å². The first-order valence-corrected chi connectivity index (χ1v) is 27.4. The number of urea groups is 1. The number of Topliss-reactive ketones (excluding diaryl/α,β-unsaturated/α-hetero) is 2. The van der Waals surface area contributed by atoms with E-state index < -0.39 is 11.8 Å². The summed E-state index contributed by atoms with van der Waals surface area (Å²) in [5, 5.41) is 16.3. The molecule has 0 radical (unpaired) electrons. The van der Waals surface area contributed by atoms with Crippen LogP contribution in [0, 0.1) is 0 Å². The third-order valence-corrected chi connectivity index (χ3v) is 14.9. The first-order chi connectivity index (χ1) is 36.8. The van der Waals surface area contributed by atoms with E-state index in [1.54, 1.807) is 97.1 Å². The predicted molar refractivity (Wildman–Crippen MR) is 324 cm³/mol. The van der Waals surface area contributed by atoms with Crippen LogP contribution in [0.2, 0.25) is 50.2 Å². The summed E-state index contributed by atoms with van der Waals surface area (Å²) in [6.45, 7) is -0.0198. The molecule has 1 unspecified atom stereocenters. The number of aryl methyl sites for hydroxylation is 1. The van der Waals surface area contributed by atoms with Crippen LogP contribution in [0.25, 0.3) is 0 Å². The number of alkyl halides is 1. The Morgan fingerprint density at radius 1 is 0.545 bits per heavy atom. The smallest absolute Gasteiger partial charge is 0.331 e. The van der Waals surface area contributed by atoms with Crippen molar-refractivity contribution in [3.05, 3.63) is 254 Å². The Labute approximate surface area is 503 Å². The molecule has 1 heterocycles. The number of ketones is 2. The molecular formula is C57H41BrCl10N4O5. The Morgan fingerprint density at radius 2 is 0.987 bits per heavy atom. The molecule has 1 aliphatic rings. The number of anilines is 3. The van der Waals surface area contributed by atoms with Gasteiger partial charge in [-0.3, -0.25) is 19.4 Å². The third kappa shape index (κ3) is 18.5. The van der Waals surface area contributed by atoms with Gasteiger partial charge in [0.2, 0.25) is 6.08 Å². The predicted octanol–water partition coefficient (Wildman–Crippen LogP) is 19.2. The van der Waals surface area contributed by atoms with Gasteiger partial charge in [-0.1, -0.05) is 229 Å². The van der Waals surface area contributed by atoms with E-state index in [0.29, 0.717) is 91.7 Å². The lowest BCUT2D eigenvalue weighted by atomic mass is 10.0. The number of nitrogens with two attached hydrogens (primary N) is 1. The van der Waals surface area contributed by atoms with E-state index in [-0.39, 0.29) is 23.1 Å². The Bertz CT molecular complexity index is 3360. The van der Waals surface area contributed by atoms with Crippen molar-refractivity contribution in [3.8, 4) is 0 Å². The number of hydrogen-bond donors (Lipinski definition) is 2. The van der Waals surface area contributed by atoms with Crippen LogP contribution in [0.15, 0.2) is 187 Å². The molecule has 1 atom stereocenters. The fourth-order valence-corrected chi connectivity index (χ4v) is 8.74. The molecule has 8 aromatic carbocycles. The van der Waals surface area contributed by atoms with Crippen molar-refractivity contribution in [2.45, 2.75) is 18.6 Å². The molecule has 3 N–H and O–H groups in total. The lowest BCUT2D eigenvalue weighted by molar-refractivity contribution is 0.0655. The van der Waals surface area contributed by atoms with Crippen LogP contribution in [0.1, 0.15) is 38.3 Å². The van der Waals surface area contributed by atoms with Crippen molar-refractivity contribution in [1.29, 1.82) is 0 Å². The van der Waals surface area contributed by atoms with Crippen LogP contribution in [-0.2, 0) is 16.9 Å². The molecule has 0 aromatic heterocycles. The molecule has 0 spiro atoms. The number of rotatable bonds is 10. The number of aliphatic imine (C=N–C) groups is 1. The first kappa shape index (κ1) is 62.7. The number of isocyanates is 1. The number of nitrogen functional groups attached to an aromatic ring is 1. The van der Waals surface area contributed by atoms with Crippen molar-refractivity contribution < 1.29 is 24.3 Å². The average molecular weight is 1300 g/mol. The summed E-state index contributed by atoms with van der Waals surface area (Å²) in [6.07, 6.45) is 2.55. The molecule has 20 heteroatoms. The first-order valence-electron chi connectivity index (χ1n) is 22.5. The minimum Gasteiger partial charge on any atom is -0.399 e. The summed E-state index contributed by atoms with van der Waals surface area (Å²) in [6, 6.07) is 51.8. The van der Waals surface area contributed by atoms with Gasteiger partial charge in [0.15, 0.2) is 17.3 Å². The van der Waals surface area contributed by atoms with Gasteiger partial charge in [0.05, 0.1) is 73.5 Å². The quantitative estimate of drug-likeness (QED) is 0.0461. The monoisotopic (exact) mass is 1290 g/mol. The molecule has 1 saturated heterocycles. The third-order valence-electron chi connectivity index (χ3n) is 10.7. The van der Waals surface area contributed by atoms with Crippen molar-refractivity contribution in [1.82, 2.24) is 0 Å². The highest BCUT2D eigenvalue weighted by atomic mass is 79.9. The number of carbonyl (C=O) groups excluding carboxylic acids is 4. The molecule has 9 rings (SSSR count). The average Bonchev–Trinajstić information content (AvgIpc) is 3.78. The summed E-state index contributed by atoms with van der Waals surface area (Å²) >= 11 is 61.7. The molecule has 0 aliphatic carbocycles. The van der Waals surface area contributed by atoms with E-state index in [4.69, 9.17) is 122 Å². The fourth-order valence-electron chi connectivity index (χ4n) is 6.91. The van der Waals surface area contributed by atoms with Crippen LogP contribution in [0.5, 0.6) is 0 Å². The second-order valence-corrected chi connectivity index (χ2v) is 20.7. The van der Waals surface area contributed by atoms with Crippen molar-refractivity contribution in [2.75, 3.05) is 27.4 Å². The van der Waals surface area contributed by atoms with E-state index in [2.05, 4.69) is 20.9 Å². The second kappa shape index (κ2) is 30.9. The maximum Gasteiger partial charge on any atom is 0.331 e. The highest BCUT2D eigenvalue weighted by Crippen LogP contribution is 2.42. The molecule has 1 fully saturated rings. The van der Waals surface area contributed by atoms with Gasteiger partial charge in [-0.2, -0.15) is 4.99 Å². The van der Waals surface area contributed by atoms with E-state index in [1.807, 2.05) is 78.9 Å². The van der Waals surface area contributed by atoms with E-state index in [1.165, 1.54) is 21.9 Å². The number of benzene rings is 8. The minimum atomic E-state index is -1.64.